The molecule has 0 radical (unpaired) electrons. The standard InChI is InChI=1S/C17H34NO17P/c18-9-13(25)11(23)7(1-19)35-17(9)31-2-5(20)10(22)6(21)3-32-36(29,30)33-4-8-12(24)14(26)15(27)16(28)34-8/h5-17,19-28H,1-4,18H2,(H,29,30)/t5-,6+,7+,8+,9+,10-,11-,12+,13+,14-,15+,16+,17+/m0/s1. The van der Waals surface area contributed by atoms with Crippen molar-refractivity contribution in [3.8, 4) is 0 Å². The lowest BCUT2D eigenvalue weighted by Gasteiger charge is -2.40. The highest BCUT2D eigenvalue weighted by Crippen LogP contribution is 2.44. The van der Waals surface area contributed by atoms with E-state index in [1.165, 1.54) is 0 Å². The van der Waals surface area contributed by atoms with Crippen LogP contribution in [-0.4, -0.2) is 162 Å². The SMILES string of the molecule is N[C@H]1[C@H](OC[C@H](O)[C@H](O)[C@H](O)COP(=O)(O)OC[C@H]2O[C@@H](O)[C@H](O)[C@@H](O)[C@@H]2O)O[C@H](CO)[C@H](O)[C@@H]1O. The van der Waals surface area contributed by atoms with Crippen LogP contribution in [0, 0.1) is 0 Å². The minimum absolute atomic E-state index is 0.676. The quantitative estimate of drug-likeness (QED) is 0.0995. The third kappa shape index (κ3) is 8.03. The first-order chi connectivity index (χ1) is 16.7. The molecular weight excluding hydrogens is 521 g/mol. The van der Waals surface area contributed by atoms with E-state index in [9.17, 15) is 60.5 Å². The van der Waals surface area contributed by atoms with E-state index >= 15 is 0 Å². The predicted molar refractivity (Wildman–Crippen MR) is 110 cm³/mol. The van der Waals surface area contributed by atoms with E-state index in [1.54, 1.807) is 0 Å². The number of hydrogen-bond donors (Lipinski definition) is 12. The maximum absolute atomic E-state index is 12.0. The highest BCUT2D eigenvalue weighted by Gasteiger charge is 2.45. The average Bonchev–Trinajstić information content (AvgIpc) is 2.84. The summed E-state index contributed by atoms with van der Waals surface area (Å²) < 4.78 is 36.2. The second-order valence-corrected chi connectivity index (χ2v) is 9.79. The molecule has 0 aromatic rings. The van der Waals surface area contributed by atoms with Gasteiger partial charge in [-0.25, -0.2) is 4.57 Å². The van der Waals surface area contributed by atoms with E-state index < -0.39 is 114 Å². The Bertz CT molecular complexity index is 719. The molecule has 214 valence electrons. The van der Waals surface area contributed by atoms with E-state index in [-0.39, 0.29) is 0 Å². The molecule has 36 heavy (non-hydrogen) atoms. The van der Waals surface area contributed by atoms with Crippen LogP contribution in [0.15, 0.2) is 0 Å². The van der Waals surface area contributed by atoms with Gasteiger partial charge in [0, 0.05) is 0 Å². The average molecular weight is 555 g/mol. The molecule has 0 saturated carbocycles. The molecular formula is C17H34NO17P. The van der Waals surface area contributed by atoms with Crippen LogP contribution in [0.1, 0.15) is 0 Å². The van der Waals surface area contributed by atoms with Crippen molar-refractivity contribution < 1.29 is 83.8 Å². The molecule has 14 atom stereocenters. The normalized spacial score (nSPS) is 41.9. The molecule has 2 rings (SSSR count). The van der Waals surface area contributed by atoms with E-state index in [0.29, 0.717) is 0 Å². The van der Waals surface area contributed by atoms with Gasteiger partial charge in [0.25, 0.3) is 0 Å². The molecule has 0 aliphatic carbocycles. The summed E-state index contributed by atoms with van der Waals surface area (Å²) in [6.07, 6.45) is -20.3. The minimum atomic E-state index is -4.95. The Morgan fingerprint density at radius 2 is 1.39 bits per heavy atom. The van der Waals surface area contributed by atoms with Crippen molar-refractivity contribution in [3.63, 3.8) is 0 Å². The van der Waals surface area contributed by atoms with Gasteiger partial charge in [0.1, 0.15) is 61.0 Å². The highest BCUT2D eigenvalue weighted by atomic mass is 31.2. The molecule has 13 N–H and O–H groups in total. The smallest absolute Gasteiger partial charge is 0.394 e. The molecule has 0 amide bonds. The summed E-state index contributed by atoms with van der Waals surface area (Å²) >= 11 is 0. The van der Waals surface area contributed by atoms with Crippen molar-refractivity contribution in [2.75, 3.05) is 26.4 Å². The van der Waals surface area contributed by atoms with Crippen LogP contribution in [0.25, 0.3) is 0 Å². The van der Waals surface area contributed by atoms with Crippen molar-refractivity contribution >= 4 is 7.82 Å². The molecule has 18 nitrogen and oxygen atoms in total. The molecule has 2 aliphatic heterocycles. The Morgan fingerprint density at radius 1 is 0.806 bits per heavy atom. The van der Waals surface area contributed by atoms with Crippen molar-refractivity contribution in [3.05, 3.63) is 0 Å². The van der Waals surface area contributed by atoms with Crippen LogP contribution in [0.3, 0.4) is 0 Å². The second kappa shape index (κ2) is 13.6. The third-order valence-electron chi connectivity index (χ3n) is 5.65. The summed E-state index contributed by atoms with van der Waals surface area (Å²) in [6.45, 7) is -3.33. The Kier molecular flexibility index (Phi) is 12.0. The fraction of sp³-hybridized carbons (Fsp3) is 1.00. The first-order valence-corrected chi connectivity index (χ1v) is 12.2. The Hall–Kier alpha value is -0.450. The van der Waals surface area contributed by atoms with E-state index in [2.05, 4.69) is 9.05 Å². The van der Waals surface area contributed by atoms with Gasteiger partial charge in [0.2, 0.25) is 0 Å². The lowest BCUT2D eigenvalue weighted by atomic mass is 9.98. The fourth-order valence-corrected chi connectivity index (χ4v) is 4.10. The lowest BCUT2D eigenvalue weighted by molar-refractivity contribution is -0.285. The first kappa shape index (κ1) is 31.8. The van der Waals surface area contributed by atoms with E-state index in [0.717, 1.165) is 0 Å². The summed E-state index contributed by atoms with van der Waals surface area (Å²) in [5.41, 5.74) is 5.67. The van der Waals surface area contributed by atoms with E-state index in [1.807, 2.05) is 0 Å². The Morgan fingerprint density at radius 3 is 2.00 bits per heavy atom. The summed E-state index contributed by atoms with van der Waals surface area (Å²) in [6, 6.07) is -1.28. The van der Waals surface area contributed by atoms with Gasteiger partial charge in [-0.3, -0.25) is 9.05 Å². The monoisotopic (exact) mass is 555 g/mol. The van der Waals surface area contributed by atoms with Gasteiger partial charge in [0.05, 0.1) is 32.5 Å². The van der Waals surface area contributed by atoms with E-state index in [4.69, 9.17) is 19.9 Å². The first-order valence-electron chi connectivity index (χ1n) is 10.7. The summed E-state index contributed by atoms with van der Waals surface area (Å²) in [5, 5.41) is 97.0. The lowest BCUT2D eigenvalue weighted by Crippen LogP contribution is -2.62. The van der Waals surface area contributed by atoms with Crippen molar-refractivity contribution in [2.45, 2.75) is 79.7 Å². The molecule has 0 bridgehead atoms. The maximum atomic E-state index is 12.0. The van der Waals surface area contributed by atoms with Gasteiger partial charge in [-0.1, -0.05) is 0 Å². The summed E-state index contributed by atoms with van der Waals surface area (Å²) in [5.74, 6) is 0. The van der Waals surface area contributed by atoms with Crippen LogP contribution in [0.2, 0.25) is 0 Å². The predicted octanol–water partition coefficient (Wildman–Crippen LogP) is -7.21. The number of aliphatic hydroxyl groups is 10. The number of phosphoric acid groups is 1. The number of phosphoric ester groups is 1. The van der Waals surface area contributed by atoms with Gasteiger partial charge < -0.3 is 75.9 Å². The zero-order valence-electron chi connectivity index (χ0n) is 18.7. The van der Waals surface area contributed by atoms with Gasteiger partial charge in [0.15, 0.2) is 12.6 Å². The minimum Gasteiger partial charge on any atom is -0.394 e. The number of ether oxygens (including phenoxy) is 3. The number of nitrogens with two attached hydrogens (primary N) is 1. The summed E-state index contributed by atoms with van der Waals surface area (Å²) in [4.78, 5) is 9.71. The zero-order chi connectivity index (χ0) is 27.4. The van der Waals surface area contributed by atoms with Gasteiger partial charge >= 0.3 is 7.82 Å². The topological polar surface area (TPSA) is 312 Å². The van der Waals surface area contributed by atoms with Crippen LogP contribution >= 0.6 is 7.82 Å². The van der Waals surface area contributed by atoms with Gasteiger partial charge in [-0.15, -0.1) is 0 Å². The largest absolute Gasteiger partial charge is 0.472 e. The highest BCUT2D eigenvalue weighted by molar-refractivity contribution is 7.47. The molecule has 2 fully saturated rings. The maximum Gasteiger partial charge on any atom is 0.472 e. The van der Waals surface area contributed by atoms with Crippen molar-refractivity contribution in [1.82, 2.24) is 0 Å². The van der Waals surface area contributed by atoms with Crippen LogP contribution in [0.5, 0.6) is 0 Å². The number of aliphatic hydroxyl groups excluding tert-OH is 10. The fourth-order valence-electron chi connectivity index (χ4n) is 3.34. The molecule has 0 aromatic carbocycles. The molecule has 19 heteroatoms. The zero-order valence-corrected chi connectivity index (χ0v) is 19.6. The Labute approximate surface area is 204 Å². The van der Waals surface area contributed by atoms with Crippen LogP contribution < -0.4 is 5.73 Å². The van der Waals surface area contributed by atoms with Crippen LogP contribution in [-0.2, 0) is 27.8 Å². The number of hydrogen-bond acceptors (Lipinski definition) is 17. The molecule has 0 aromatic heterocycles. The molecule has 2 heterocycles. The summed E-state index contributed by atoms with van der Waals surface area (Å²) in [7, 11) is -4.95. The Balaban J connectivity index is 1.78. The second-order valence-electron chi connectivity index (χ2n) is 8.34. The van der Waals surface area contributed by atoms with Crippen molar-refractivity contribution in [2.24, 2.45) is 5.73 Å². The third-order valence-corrected chi connectivity index (χ3v) is 6.60. The van der Waals surface area contributed by atoms with Gasteiger partial charge in [-0.05, 0) is 0 Å². The molecule has 2 saturated heterocycles. The van der Waals surface area contributed by atoms with Crippen molar-refractivity contribution in [1.29, 1.82) is 0 Å². The van der Waals surface area contributed by atoms with Gasteiger partial charge in [-0.2, -0.15) is 0 Å². The number of rotatable bonds is 12. The molecule has 0 spiro atoms. The molecule has 2 aliphatic rings. The van der Waals surface area contributed by atoms with Crippen LogP contribution in [0.4, 0.5) is 0 Å². The molecule has 1 unspecified atom stereocenters.